The summed E-state index contributed by atoms with van der Waals surface area (Å²) in [7, 11) is 0. The van der Waals surface area contributed by atoms with Crippen LogP contribution < -0.4 is 15.4 Å². The van der Waals surface area contributed by atoms with Gasteiger partial charge in [0.1, 0.15) is 41.0 Å². The summed E-state index contributed by atoms with van der Waals surface area (Å²) in [5.41, 5.74) is 5.69. The number of nitrogens with two attached hydrogens (primary N) is 1. The first-order chi connectivity index (χ1) is 22.6. The van der Waals surface area contributed by atoms with Crippen molar-refractivity contribution in [3.05, 3.63) is 40.4 Å². The number of carbonyl (C=O) groups excluding carboxylic acids is 1. The molecule has 0 unspecified atom stereocenters. The Hall–Kier alpha value is -3.86. The van der Waals surface area contributed by atoms with Gasteiger partial charge in [-0.1, -0.05) is 17.7 Å². The van der Waals surface area contributed by atoms with Gasteiger partial charge >= 0.3 is 6.01 Å². The quantitative estimate of drug-likeness (QED) is 0.250. The van der Waals surface area contributed by atoms with Gasteiger partial charge in [0.2, 0.25) is 6.41 Å². The maximum atomic E-state index is 17.0. The van der Waals surface area contributed by atoms with Crippen LogP contribution in [-0.2, 0) is 4.79 Å². The van der Waals surface area contributed by atoms with Crippen LogP contribution in [0.5, 0.6) is 6.01 Å². The van der Waals surface area contributed by atoms with Crippen molar-refractivity contribution in [3.63, 3.8) is 0 Å². The minimum atomic E-state index is -0.941. The number of amides is 1. The standard InChI is InChI=1S/C33H31ClF3N7O2S/c34-22-9-20-27(26(37)25(22)19-3-4-23(36)28-24(19)21(11-38)29(39)47-28)40-31(46-16-33-6-2-8-44(33)12-18(35)10-33)41-30(20)43-7-1-5-32(15-43)13-42(14-32)17-45/h3-4,9,17-18H,1-2,5-8,10,12-16,39H2/t18-,33+/m1/s1. The molecule has 4 aliphatic heterocycles. The van der Waals surface area contributed by atoms with E-state index in [1.54, 1.807) is 11.0 Å². The van der Waals surface area contributed by atoms with Crippen molar-refractivity contribution < 1.29 is 22.7 Å². The molecule has 4 saturated heterocycles. The zero-order valence-electron chi connectivity index (χ0n) is 25.4. The molecule has 0 saturated carbocycles. The van der Waals surface area contributed by atoms with Crippen LogP contribution in [0.4, 0.5) is 24.0 Å². The lowest BCUT2D eigenvalue weighted by Gasteiger charge is -2.53. The van der Waals surface area contributed by atoms with Gasteiger partial charge in [0.15, 0.2) is 5.82 Å². The van der Waals surface area contributed by atoms with Crippen LogP contribution >= 0.6 is 22.9 Å². The van der Waals surface area contributed by atoms with Crippen LogP contribution in [-0.4, -0.2) is 83.8 Å². The molecule has 4 aliphatic rings. The number of fused-ring (bicyclic) bond motifs is 3. The van der Waals surface area contributed by atoms with Gasteiger partial charge < -0.3 is 20.3 Å². The molecule has 47 heavy (non-hydrogen) atoms. The Bertz CT molecular complexity index is 2000. The number of piperidine rings is 1. The van der Waals surface area contributed by atoms with Crippen LogP contribution in [0.1, 0.15) is 37.7 Å². The molecular formula is C33H31ClF3N7O2S. The van der Waals surface area contributed by atoms with E-state index < -0.39 is 23.3 Å². The molecule has 9 nitrogen and oxygen atoms in total. The van der Waals surface area contributed by atoms with Crippen LogP contribution in [0.25, 0.3) is 32.1 Å². The number of thiophene rings is 1. The van der Waals surface area contributed by atoms with Crippen LogP contribution in [0.3, 0.4) is 0 Å². The number of halogens is 4. The fourth-order valence-electron chi connectivity index (χ4n) is 8.41. The Labute approximate surface area is 277 Å². The summed E-state index contributed by atoms with van der Waals surface area (Å²) in [6.45, 7) is 3.83. The highest BCUT2D eigenvalue weighted by molar-refractivity contribution is 7.23. The molecule has 2 aromatic carbocycles. The average Bonchev–Trinajstić information content (AvgIpc) is 3.69. The van der Waals surface area contributed by atoms with Gasteiger partial charge in [-0.05, 0) is 49.9 Å². The maximum Gasteiger partial charge on any atom is 0.319 e. The summed E-state index contributed by atoms with van der Waals surface area (Å²) in [6.07, 6.45) is 3.80. The molecule has 2 aromatic heterocycles. The van der Waals surface area contributed by atoms with Crippen LogP contribution in [0.2, 0.25) is 5.02 Å². The van der Waals surface area contributed by atoms with Crippen molar-refractivity contribution in [3.8, 4) is 23.2 Å². The summed E-state index contributed by atoms with van der Waals surface area (Å²) >= 11 is 7.77. The molecule has 1 amide bonds. The molecule has 6 heterocycles. The lowest BCUT2D eigenvalue weighted by Crippen LogP contribution is -2.62. The third kappa shape index (κ3) is 4.78. The number of benzene rings is 2. The highest BCUT2D eigenvalue weighted by atomic mass is 35.5. The van der Waals surface area contributed by atoms with E-state index in [-0.39, 0.29) is 60.3 Å². The van der Waals surface area contributed by atoms with E-state index >= 15 is 4.39 Å². The fraction of sp³-hybridized carbons (Fsp3) is 0.455. The molecule has 4 aromatic rings. The number of ether oxygens (including phenoxy) is 1. The van der Waals surface area contributed by atoms with Gasteiger partial charge in [0, 0.05) is 60.9 Å². The number of carbonyl (C=O) groups is 1. The van der Waals surface area contributed by atoms with Gasteiger partial charge in [-0.15, -0.1) is 11.3 Å². The summed E-state index contributed by atoms with van der Waals surface area (Å²) in [5, 5.41) is 10.6. The lowest BCUT2D eigenvalue weighted by molar-refractivity contribution is -0.129. The van der Waals surface area contributed by atoms with Gasteiger partial charge in [-0.25, -0.2) is 13.2 Å². The second-order valence-corrected chi connectivity index (χ2v) is 14.9. The number of hydrogen-bond donors (Lipinski definition) is 1. The van der Waals surface area contributed by atoms with Gasteiger partial charge in [0.25, 0.3) is 0 Å². The van der Waals surface area contributed by atoms with Crippen molar-refractivity contribution in [2.75, 3.05) is 56.5 Å². The van der Waals surface area contributed by atoms with Crippen molar-refractivity contribution in [1.82, 2.24) is 19.8 Å². The number of hydrogen-bond acceptors (Lipinski definition) is 9. The van der Waals surface area contributed by atoms with E-state index in [2.05, 4.69) is 14.8 Å². The Morgan fingerprint density at radius 2 is 2.00 bits per heavy atom. The normalized spacial score (nSPS) is 23.8. The monoisotopic (exact) mass is 681 g/mol. The number of anilines is 2. The predicted molar refractivity (Wildman–Crippen MR) is 174 cm³/mol. The van der Waals surface area contributed by atoms with Crippen LogP contribution in [0, 0.1) is 28.4 Å². The number of alkyl halides is 1. The van der Waals surface area contributed by atoms with Gasteiger partial charge in [-0.2, -0.15) is 15.2 Å². The van der Waals surface area contributed by atoms with Crippen molar-refractivity contribution in [2.45, 2.75) is 43.8 Å². The molecule has 8 rings (SSSR count). The molecule has 4 fully saturated rings. The smallest absolute Gasteiger partial charge is 0.319 e. The highest BCUT2D eigenvalue weighted by Crippen LogP contribution is 2.47. The molecule has 2 N–H and O–H groups in total. The Kier molecular flexibility index (Phi) is 7.20. The SMILES string of the molecule is N#Cc1c(N)sc2c(F)ccc(-c3c(Cl)cc4c(N5CCCC6(CN(C=O)C6)C5)nc(OC[C@@]56CCCN5C[C@H](F)C6)nc4c3F)c12. The third-order valence-electron chi connectivity index (χ3n) is 10.5. The number of nitrogens with zero attached hydrogens (tertiary/aromatic N) is 6. The van der Waals surface area contributed by atoms with E-state index in [4.69, 9.17) is 27.1 Å². The molecule has 14 heteroatoms. The van der Waals surface area contributed by atoms with E-state index in [1.807, 2.05) is 6.07 Å². The first-order valence-corrected chi connectivity index (χ1v) is 16.9. The molecule has 0 aliphatic carbocycles. The minimum Gasteiger partial charge on any atom is -0.461 e. The molecule has 0 bridgehead atoms. The summed E-state index contributed by atoms with van der Waals surface area (Å²) in [6, 6.07) is 6.20. The summed E-state index contributed by atoms with van der Waals surface area (Å²) in [4.78, 5) is 26.7. The number of nitrogen functional groups attached to an aromatic ring is 1. The van der Waals surface area contributed by atoms with Crippen molar-refractivity contribution in [1.29, 1.82) is 5.26 Å². The van der Waals surface area contributed by atoms with Crippen molar-refractivity contribution in [2.24, 2.45) is 5.41 Å². The number of nitriles is 1. The average molecular weight is 682 g/mol. The Morgan fingerprint density at radius 1 is 1.19 bits per heavy atom. The second-order valence-electron chi connectivity index (χ2n) is 13.4. The molecular weight excluding hydrogens is 651 g/mol. The van der Waals surface area contributed by atoms with E-state index in [9.17, 15) is 18.8 Å². The first-order valence-electron chi connectivity index (χ1n) is 15.7. The number of likely N-dealkylation sites (tertiary alicyclic amines) is 1. The third-order valence-corrected chi connectivity index (χ3v) is 11.8. The molecule has 2 atom stereocenters. The Balaban J connectivity index is 1.27. The van der Waals surface area contributed by atoms with Gasteiger partial charge in [-0.3, -0.25) is 9.69 Å². The lowest BCUT2D eigenvalue weighted by atomic mass is 9.73. The van der Waals surface area contributed by atoms with E-state index in [0.29, 0.717) is 50.3 Å². The highest BCUT2D eigenvalue weighted by Gasteiger charge is 2.50. The van der Waals surface area contributed by atoms with Crippen LogP contribution in [0.15, 0.2) is 18.2 Å². The zero-order valence-corrected chi connectivity index (χ0v) is 26.9. The zero-order chi connectivity index (χ0) is 32.7. The Morgan fingerprint density at radius 3 is 2.79 bits per heavy atom. The van der Waals surface area contributed by atoms with Gasteiger partial charge in [0.05, 0.1) is 20.8 Å². The number of aromatic nitrogens is 2. The number of rotatable bonds is 6. The fourth-order valence-corrected chi connectivity index (χ4v) is 9.65. The van der Waals surface area contributed by atoms with E-state index in [1.165, 1.54) is 12.1 Å². The topological polar surface area (TPSA) is 112 Å². The molecule has 1 spiro atoms. The second kappa shape index (κ2) is 11.1. The first kappa shape index (κ1) is 30.5. The molecule has 0 radical (unpaired) electrons. The maximum absolute atomic E-state index is 17.0. The predicted octanol–water partition coefficient (Wildman–Crippen LogP) is 5.91. The largest absolute Gasteiger partial charge is 0.461 e. The summed E-state index contributed by atoms with van der Waals surface area (Å²) < 4.78 is 52.8. The molecule has 244 valence electrons. The van der Waals surface area contributed by atoms with E-state index in [0.717, 1.165) is 50.0 Å². The van der Waals surface area contributed by atoms with Crippen molar-refractivity contribution >= 4 is 61.2 Å². The minimum absolute atomic E-state index is 0.0345. The summed E-state index contributed by atoms with van der Waals surface area (Å²) in [5.74, 6) is -0.890.